The molecule has 3 aromatic rings. The summed E-state index contributed by atoms with van der Waals surface area (Å²) in [6.07, 6.45) is 7.85. The second-order valence-corrected chi connectivity index (χ2v) is 13.6. The van der Waals surface area contributed by atoms with Crippen LogP contribution in [0.5, 0.6) is 5.88 Å². The number of carbonyl (C=O) groups is 1. The molecule has 0 unspecified atom stereocenters. The molecule has 2 fully saturated rings. The number of aromatic nitrogens is 2. The monoisotopic (exact) mass is 570 g/mol. The summed E-state index contributed by atoms with van der Waals surface area (Å²) in [5.41, 5.74) is 2.10. The van der Waals surface area contributed by atoms with Crippen LogP contribution < -0.4 is 15.4 Å². The number of hydrogen-bond acceptors (Lipinski definition) is 9. The lowest BCUT2D eigenvalue weighted by Crippen LogP contribution is -2.38. The Morgan fingerprint density at radius 2 is 1.74 bits per heavy atom. The number of nitrogens with zero attached hydrogens (tertiary/aromatic N) is 2. The van der Waals surface area contributed by atoms with Crippen LogP contribution in [0.25, 0.3) is 10.4 Å². The average Bonchev–Trinajstić information content (AvgIpc) is 3.67. The third kappa shape index (κ3) is 6.52. The molecule has 208 valence electrons. The number of ether oxygens (including phenoxy) is 2. The minimum absolute atomic E-state index is 0.100. The zero-order chi connectivity index (χ0) is 27.6. The molecule has 2 aromatic heterocycles. The van der Waals surface area contributed by atoms with Crippen LogP contribution in [0.1, 0.15) is 63.3 Å². The van der Waals surface area contributed by atoms with E-state index in [1.165, 1.54) is 0 Å². The predicted molar refractivity (Wildman–Crippen MR) is 152 cm³/mol. The van der Waals surface area contributed by atoms with Gasteiger partial charge in [-0.25, -0.2) is 23.2 Å². The highest BCUT2D eigenvalue weighted by Crippen LogP contribution is 2.43. The van der Waals surface area contributed by atoms with Crippen molar-refractivity contribution in [2.24, 2.45) is 0 Å². The van der Waals surface area contributed by atoms with E-state index in [1.54, 1.807) is 43.0 Å². The number of alkyl carbamates (subject to hydrolysis) is 1. The SMILES string of the molecule is COc1ccc(Nc2ccc(-c3cnc(C4CCC(NC(=O)OC(C)C)CC4)s3)c(S(=O)(=O)C3CC3)c2)cn1. The van der Waals surface area contributed by atoms with Crippen molar-refractivity contribution < 1.29 is 22.7 Å². The molecule has 9 nitrogen and oxygen atoms in total. The minimum Gasteiger partial charge on any atom is -0.481 e. The van der Waals surface area contributed by atoms with E-state index in [9.17, 15) is 13.2 Å². The van der Waals surface area contributed by atoms with E-state index >= 15 is 0 Å². The molecule has 2 saturated carbocycles. The van der Waals surface area contributed by atoms with Crippen LogP contribution in [0.3, 0.4) is 0 Å². The highest BCUT2D eigenvalue weighted by molar-refractivity contribution is 7.92. The fraction of sp³-hybridized carbons (Fsp3) is 0.464. The first-order chi connectivity index (χ1) is 18.7. The van der Waals surface area contributed by atoms with Crippen molar-refractivity contribution in [3.05, 3.63) is 47.7 Å². The van der Waals surface area contributed by atoms with Crippen molar-refractivity contribution in [3.63, 3.8) is 0 Å². The number of pyridine rings is 1. The summed E-state index contributed by atoms with van der Waals surface area (Å²) in [5.74, 6) is 0.794. The number of thiazole rings is 1. The lowest BCUT2D eigenvalue weighted by molar-refractivity contribution is 0.109. The summed E-state index contributed by atoms with van der Waals surface area (Å²) < 4.78 is 37.2. The highest BCUT2D eigenvalue weighted by Gasteiger charge is 2.39. The third-order valence-electron chi connectivity index (χ3n) is 7.02. The standard InChI is InChI=1S/C28H34N4O5S2/c1-17(2)37-28(33)32-19-6-4-18(5-7-19)27-30-16-24(38-27)23-12-8-20(14-25(23)39(34,35)22-10-11-22)31-21-9-13-26(36-3)29-15-21/h8-9,12-19,22,31H,4-7,10-11H2,1-3H3,(H,32,33). The predicted octanol–water partition coefficient (Wildman–Crippen LogP) is 6.05. The first-order valence-electron chi connectivity index (χ1n) is 13.3. The molecule has 39 heavy (non-hydrogen) atoms. The number of benzene rings is 1. The summed E-state index contributed by atoms with van der Waals surface area (Å²) in [7, 11) is -1.90. The van der Waals surface area contributed by atoms with Crippen LogP contribution in [-0.2, 0) is 14.6 Å². The molecule has 0 aliphatic heterocycles. The van der Waals surface area contributed by atoms with Crippen LogP contribution in [-0.4, -0.2) is 49.0 Å². The van der Waals surface area contributed by atoms with Gasteiger partial charge >= 0.3 is 6.09 Å². The second-order valence-electron chi connectivity index (χ2n) is 10.4. The largest absolute Gasteiger partial charge is 0.481 e. The van der Waals surface area contributed by atoms with E-state index in [2.05, 4.69) is 15.6 Å². The Labute approximate surface area is 233 Å². The van der Waals surface area contributed by atoms with Gasteiger partial charge < -0.3 is 20.1 Å². The van der Waals surface area contributed by atoms with Gasteiger partial charge in [0, 0.05) is 35.5 Å². The van der Waals surface area contributed by atoms with Gasteiger partial charge in [-0.2, -0.15) is 0 Å². The van der Waals surface area contributed by atoms with Gasteiger partial charge in [0.25, 0.3) is 0 Å². The number of carbonyl (C=O) groups excluding carboxylic acids is 1. The molecule has 2 aliphatic carbocycles. The molecular formula is C28H34N4O5S2. The molecule has 0 bridgehead atoms. The molecule has 2 aliphatic rings. The number of sulfone groups is 1. The number of nitrogens with one attached hydrogen (secondary N) is 2. The van der Waals surface area contributed by atoms with E-state index in [4.69, 9.17) is 14.5 Å². The molecule has 0 spiro atoms. The summed E-state index contributed by atoms with van der Waals surface area (Å²) in [6, 6.07) is 9.16. The highest BCUT2D eigenvalue weighted by atomic mass is 32.2. The normalized spacial score (nSPS) is 19.5. The van der Waals surface area contributed by atoms with Crippen molar-refractivity contribution in [1.29, 1.82) is 0 Å². The Bertz CT molecular complexity index is 1410. The molecule has 1 amide bonds. The molecule has 11 heteroatoms. The number of anilines is 2. The van der Waals surface area contributed by atoms with Gasteiger partial charge in [0.05, 0.1) is 45.1 Å². The summed E-state index contributed by atoms with van der Waals surface area (Å²) in [4.78, 5) is 22.0. The van der Waals surface area contributed by atoms with E-state index < -0.39 is 9.84 Å². The maximum atomic E-state index is 13.5. The van der Waals surface area contributed by atoms with Crippen LogP contribution in [0.2, 0.25) is 0 Å². The smallest absolute Gasteiger partial charge is 0.407 e. The Hall–Kier alpha value is -3.18. The first-order valence-corrected chi connectivity index (χ1v) is 15.7. The van der Waals surface area contributed by atoms with Gasteiger partial charge in [0.1, 0.15) is 0 Å². The lowest BCUT2D eigenvalue weighted by Gasteiger charge is -2.28. The fourth-order valence-electron chi connectivity index (χ4n) is 4.84. The molecule has 0 radical (unpaired) electrons. The Balaban J connectivity index is 1.33. The Kier molecular flexibility index (Phi) is 8.08. The van der Waals surface area contributed by atoms with E-state index in [0.29, 0.717) is 34.9 Å². The first kappa shape index (κ1) is 27.4. The second kappa shape index (κ2) is 11.5. The average molecular weight is 571 g/mol. The molecule has 1 aromatic carbocycles. The van der Waals surface area contributed by atoms with Crippen molar-refractivity contribution in [3.8, 4) is 16.3 Å². The van der Waals surface area contributed by atoms with Crippen LogP contribution in [0.4, 0.5) is 16.2 Å². The van der Waals surface area contributed by atoms with Gasteiger partial charge in [-0.05, 0) is 70.6 Å². The maximum Gasteiger partial charge on any atom is 0.407 e. The van der Waals surface area contributed by atoms with Gasteiger partial charge in [-0.3, -0.25) is 0 Å². The maximum absolute atomic E-state index is 13.5. The van der Waals surface area contributed by atoms with E-state index in [0.717, 1.165) is 41.3 Å². The van der Waals surface area contributed by atoms with Gasteiger partial charge in [0.15, 0.2) is 9.84 Å². The van der Waals surface area contributed by atoms with Crippen molar-refractivity contribution in [2.45, 2.75) is 80.6 Å². The van der Waals surface area contributed by atoms with Gasteiger partial charge in [-0.1, -0.05) is 6.07 Å². The molecule has 0 atom stereocenters. The topological polar surface area (TPSA) is 120 Å². The summed E-state index contributed by atoms with van der Waals surface area (Å²) in [5, 5.41) is 6.90. The molecular weight excluding hydrogens is 536 g/mol. The van der Waals surface area contributed by atoms with E-state index in [1.807, 2.05) is 32.0 Å². The van der Waals surface area contributed by atoms with Crippen LogP contribution in [0.15, 0.2) is 47.6 Å². The quantitative estimate of drug-likeness (QED) is 0.319. The number of rotatable bonds is 9. The van der Waals surface area contributed by atoms with E-state index in [-0.39, 0.29) is 29.4 Å². The zero-order valence-corrected chi connectivity index (χ0v) is 24.0. The lowest BCUT2D eigenvalue weighted by atomic mass is 9.86. The van der Waals surface area contributed by atoms with Crippen LogP contribution in [0, 0.1) is 0 Å². The molecule has 2 heterocycles. The molecule has 0 saturated heterocycles. The molecule has 5 rings (SSSR count). The Morgan fingerprint density at radius 3 is 2.38 bits per heavy atom. The fourth-order valence-corrected chi connectivity index (χ4v) is 7.92. The Morgan fingerprint density at radius 1 is 1.00 bits per heavy atom. The van der Waals surface area contributed by atoms with Crippen molar-refractivity contribution >= 4 is 38.6 Å². The summed E-state index contributed by atoms with van der Waals surface area (Å²) in [6.45, 7) is 3.67. The summed E-state index contributed by atoms with van der Waals surface area (Å²) >= 11 is 1.56. The zero-order valence-electron chi connectivity index (χ0n) is 22.3. The van der Waals surface area contributed by atoms with Crippen LogP contribution >= 0.6 is 11.3 Å². The van der Waals surface area contributed by atoms with Gasteiger partial charge in [0.2, 0.25) is 5.88 Å². The van der Waals surface area contributed by atoms with Gasteiger partial charge in [-0.15, -0.1) is 11.3 Å². The number of amides is 1. The van der Waals surface area contributed by atoms with Crippen molar-refractivity contribution in [1.82, 2.24) is 15.3 Å². The van der Waals surface area contributed by atoms with Crippen molar-refractivity contribution in [2.75, 3.05) is 12.4 Å². The number of methoxy groups -OCH3 is 1. The minimum atomic E-state index is -3.46. The third-order valence-corrected chi connectivity index (χ3v) is 10.5. The number of hydrogen-bond donors (Lipinski definition) is 2. The molecule has 2 N–H and O–H groups in total.